The number of anilines is 3. The first-order valence-electron chi connectivity index (χ1n) is 8.61. The van der Waals surface area contributed by atoms with Gasteiger partial charge in [-0.05, 0) is 48.9 Å². The minimum atomic E-state index is -0.515. The largest absolute Gasteiger partial charge is 0.323 e. The summed E-state index contributed by atoms with van der Waals surface area (Å²) in [7, 11) is 0. The van der Waals surface area contributed by atoms with Gasteiger partial charge in [-0.2, -0.15) is 0 Å². The van der Waals surface area contributed by atoms with Gasteiger partial charge in [-0.25, -0.2) is 9.37 Å². The topological polar surface area (TPSA) is 62.3 Å². The minimum absolute atomic E-state index is 0.133. The van der Waals surface area contributed by atoms with E-state index in [0.717, 1.165) is 10.0 Å². The Morgan fingerprint density at radius 3 is 2.69 bits per heavy atom. The van der Waals surface area contributed by atoms with E-state index in [1.54, 1.807) is 29.7 Å². The lowest BCUT2D eigenvalue weighted by Crippen LogP contribution is -2.23. The number of thiazole rings is 1. The Morgan fingerprint density at radius 2 is 2.00 bits per heavy atom. The number of para-hydroxylation sites is 1. The van der Waals surface area contributed by atoms with Gasteiger partial charge in [0.15, 0.2) is 5.13 Å². The molecule has 2 amide bonds. The van der Waals surface area contributed by atoms with Crippen molar-refractivity contribution in [1.29, 1.82) is 0 Å². The third-order valence-electron chi connectivity index (χ3n) is 3.94. The molecule has 0 saturated carbocycles. The van der Waals surface area contributed by atoms with E-state index in [0.29, 0.717) is 16.5 Å². The predicted molar refractivity (Wildman–Crippen MR) is 118 cm³/mol. The number of hydrogen-bond donors (Lipinski definition) is 1. The van der Waals surface area contributed by atoms with E-state index in [-0.39, 0.29) is 17.5 Å². The Hall–Kier alpha value is -2.84. The van der Waals surface area contributed by atoms with E-state index in [2.05, 4.69) is 26.2 Å². The summed E-state index contributed by atoms with van der Waals surface area (Å²) in [5, 5.41) is 4.80. The minimum Gasteiger partial charge on any atom is -0.323 e. The first-order chi connectivity index (χ1) is 13.8. The molecule has 1 N–H and O–H groups in total. The number of aromatic nitrogens is 1. The molecule has 2 aromatic carbocycles. The van der Waals surface area contributed by atoms with Crippen LogP contribution in [0, 0.1) is 12.7 Å². The summed E-state index contributed by atoms with van der Waals surface area (Å²) in [5.74, 6) is -1.18. The second kappa shape index (κ2) is 9.11. The van der Waals surface area contributed by atoms with E-state index >= 15 is 0 Å². The average molecular weight is 474 g/mol. The van der Waals surface area contributed by atoms with Crippen molar-refractivity contribution in [3.63, 3.8) is 0 Å². The average Bonchev–Trinajstić information content (AvgIpc) is 3.13. The van der Waals surface area contributed by atoms with Crippen LogP contribution < -0.4 is 10.2 Å². The van der Waals surface area contributed by atoms with Gasteiger partial charge in [0.05, 0.1) is 11.4 Å². The van der Waals surface area contributed by atoms with Crippen molar-refractivity contribution in [1.82, 2.24) is 4.98 Å². The summed E-state index contributed by atoms with van der Waals surface area (Å²) >= 11 is 4.60. The summed E-state index contributed by atoms with van der Waals surface area (Å²) in [4.78, 5) is 29.8. The maximum atomic E-state index is 14.1. The fourth-order valence-corrected chi connectivity index (χ4v) is 3.66. The quantitative estimate of drug-likeness (QED) is 0.484. The zero-order valence-electron chi connectivity index (χ0n) is 15.6. The number of carbonyl (C=O) groups is 2. The van der Waals surface area contributed by atoms with Crippen LogP contribution in [0.5, 0.6) is 0 Å². The number of benzene rings is 2. The van der Waals surface area contributed by atoms with E-state index in [4.69, 9.17) is 0 Å². The molecule has 0 atom stereocenters. The van der Waals surface area contributed by atoms with Crippen molar-refractivity contribution in [3.05, 3.63) is 75.5 Å². The Kier molecular flexibility index (Phi) is 6.56. The third-order valence-corrected chi connectivity index (χ3v) is 5.67. The molecular weight excluding hydrogens is 457 g/mol. The van der Waals surface area contributed by atoms with Crippen molar-refractivity contribution in [3.8, 4) is 0 Å². The van der Waals surface area contributed by atoms with Crippen LogP contribution in [0.25, 0.3) is 6.08 Å². The highest BCUT2D eigenvalue weighted by atomic mass is 79.9. The van der Waals surface area contributed by atoms with Gasteiger partial charge >= 0.3 is 0 Å². The van der Waals surface area contributed by atoms with Gasteiger partial charge < -0.3 is 5.32 Å². The zero-order valence-corrected chi connectivity index (χ0v) is 18.1. The summed E-state index contributed by atoms with van der Waals surface area (Å²) in [6.07, 6.45) is 2.90. The number of amides is 2. The molecule has 0 bridgehead atoms. The van der Waals surface area contributed by atoms with Crippen LogP contribution >= 0.6 is 27.3 Å². The molecule has 0 aliphatic heterocycles. The number of nitrogens with zero attached hydrogens (tertiary/aromatic N) is 2. The molecule has 0 spiro atoms. The van der Waals surface area contributed by atoms with Crippen LogP contribution in [0.2, 0.25) is 0 Å². The second-order valence-electron chi connectivity index (χ2n) is 6.15. The number of rotatable bonds is 5. The fraction of sp³-hybridized carbons (Fsp3) is 0.0952. The van der Waals surface area contributed by atoms with Crippen LogP contribution in [-0.2, 0) is 9.59 Å². The van der Waals surface area contributed by atoms with Crippen molar-refractivity contribution in [2.45, 2.75) is 13.8 Å². The van der Waals surface area contributed by atoms with E-state index in [9.17, 15) is 14.0 Å². The maximum Gasteiger partial charge on any atom is 0.248 e. The third kappa shape index (κ3) is 5.16. The Morgan fingerprint density at radius 1 is 1.24 bits per heavy atom. The zero-order chi connectivity index (χ0) is 21.0. The summed E-state index contributed by atoms with van der Waals surface area (Å²) in [6.45, 7) is 3.28. The highest BCUT2D eigenvalue weighted by Crippen LogP contribution is 2.31. The molecule has 29 heavy (non-hydrogen) atoms. The monoisotopic (exact) mass is 473 g/mol. The van der Waals surface area contributed by atoms with Crippen molar-refractivity contribution >= 4 is 61.7 Å². The number of halogens is 2. The fourth-order valence-electron chi connectivity index (χ4n) is 2.56. The highest BCUT2D eigenvalue weighted by molar-refractivity contribution is 9.10. The SMILES string of the molecule is CC(=O)N(c1nc(/C=C/C(=O)Nc2ccc(Br)c(C)c2)cs1)c1ccccc1F. The van der Waals surface area contributed by atoms with Crippen molar-refractivity contribution in [2.75, 3.05) is 10.2 Å². The number of nitrogens with one attached hydrogen (secondary N) is 1. The number of carbonyl (C=O) groups excluding carboxylic acids is 2. The lowest BCUT2D eigenvalue weighted by Gasteiger charge is -2.18. The van der Waals surface area contributed by atoms with Crippen LogP contribution in [0.1, 0.15) is 18.2 Å². The van der Waals surface area contributed by atoms with Crippen LogP contribution in [0.15, 0.2) is 58.4 Å². The van der Waals surface area contributed by atoms with Gasteiger partial charge in [0.25, 0.3) is 0 Å². The normalized spacial score (nSPS) is 10.9. The van der Waals surface area contributed by atoms with Crippen molar-refractivity contribution in [2.24, 2.45) is 0 Å². The smallest absolute Gasteiger partial charge is 0.248 e. The second-order valence-corrected chi connectivity index (χ2v) is 7.84. The van der Waals surface area contributed by atoms with Gasteiger partial charge in [0.1, 0.15) is 5.82 Å². The summed E-state index contributed by atoms with van der Waals surface area (Å²) in [5.41, 5.74) is 2.32. The molecule has 0 fully saturated rings. The molecule has 3 aromatic rings. The number of aryl methyl sites for hydroxylation is 1. The van der Waals surface area contributed by atoms with Gasteiger partial charge in [-0.15, -0.1) is 11.3 Å². The molecule has 1 aromatic heterocycles. The molecule has 0 aliphatic rings. The van der Waals surface area contributed by atoms with Crippen LogP contribution in [0.4, 0.5) is 20.9 Å². The lowest BCUT2D eigenvalue weighted by molar-refractivity contribution is -0.116. The van der Waals surface area contributed by atoms with Gasteiger partial charge in [0.2, 0.25) is 11.8 Å². The molecule has 0 aliphatic carbocycles. The van der Waals surface area contributed by atoms with Crippen LogP contribution in [-0.4, -0.2) is 16.8 Å². The maximum absolute atomic E-state index is 14.1. The molecule has 148 valence electrons. The molecular formula is C21H17BrFN3O2S. The summed E-state index contributed by atoms with van der Waals surface area (Å²) in [6, 6.07) is 11.5. The first-order valence-corrected chi connectivity index (χ1v) is 10.3. The van der Waals surface area contributed by atoms with E-state index in [1.807, 2.05) is 19.1 Å². The highest BCUT2D eigenvalue weighted by Gasteiger charge is 2.20. The Labute approximate surface area is 180 Å². The molecule has 3 rings (SSSR count). The summed E-state index contributed by atoms with van der Waals surface area (Å²) < 4.78 is 15.1. The van der Waals surface area contributed by atoms with Gasteiger partial charge in [-0.1, -0.05) is 28.1 Å². The van der Waals surface area contributed by atoms with E-state index in [1.165, 1.54) is 41.4 Å². The Balaban J connectivity index is 1.74. The Bertz CT molecular complexity index is 1100. The molecule has 0 saturated heterocycles. The standard InChI is InChI=1S/C21H17BrFN3O2S/c1-13-11-15(7-9-17(13)22)24-20(28)10-8-16-12-29-21(25-16)26(14(2)27)19-6-4-3-5-18(19)23/h3-12H,1-2H3,(H,24,28)/b10-8+. The lowest BCUT2D eigenvalue weighted by atomic mass is 10.2. The molecule has 0 radical (unpaired) electrons. The molecule has 8 heteroatoms. The van der Waals surface area contributed by atoms with Gasteiger partial charge in [-0.3, -0.25) is 14.5 Å². The number of hydrogen-bond acceptors (Lipinski definition) is 4. The van der Waals surface area contributed by atoms with Crippen LogP contribution in [0.3, 0.4) is 0 Å². The molecule has 5 nitrogen and oxygen atoms in total. The first kappa shape index (κ1) is 20.9. The van der Waals surface area contributed by atoms with E-state index < -0.39 is 5.82 Å². The van der Waals surface area contributed by atoms with Crippen molar-refractivity contribution < 1.29 is 14.0 Å². The van der Waals surface area contributed by atoms with Gasteiger partial charge in [0, 0.05) is 28.5 Å². The molecule has 0 unspecified atom stereocenters. The predicted octanol–water partition coefficient (Wildman–Crippen LogP) is 5.69. The molecule has 1 heterocycles.